The summed E-state index contributed by atoms with van der Waals surface area (Å²) in [4.78, 5) is 10.9. The van der Waals surface area contributed by atoms with Crippen LogP contribution in [0.5, 0.6) is 0 Å². The molecule has 4 aromatic rings. The number of aryl methyl sites for hydroxylation is 3. The van der Waals surface area contributed by atoms with Crippen molar-refractivity contribution in [3.05, 3.63) is 70.3 Å². The topological polar surface area (TPSA) is 60.6 Å². The van der Waals surface area contributed by atoms with Crippen LogP contribution in [0.3, 0.4) is 0 Å². The Morgan fingerprint density at radius 3 is 2.39 bits per heavy atom. The fraction of sp³-hybridized carbons (Fsp3) is 0.429. The standard InChI is InChI=1S/C28H35N5/c1-17(2)27-25-14-22(21-8-10-33(11-9-21)16-24-15-29-32-20(24)5)6-7-26(25)31-28(27)23-12-18(3)30-19(4)13-23/h6-7,12-15,17,21,31H,8-11,16H2,1-5H3,(H,29,32). The van der Waals surface area contributed by atoms with Crippen molar-refractivity contribution in [3.8, 4) is 11.3 Å². The van der Waals surface area contributed by atoms with Gasteiger partial charge in [0.1, 0.15) is 0 Å². The lowest BCUT2D eigenvalue weighted by atomic mass is 9.87. The van der Waals surface area contributed by atoms with Gasteiger partial charge in [-0.25, -0.2) is 0 Å². The molecule has 0 spiro atoms. The number of nitrogens with one attached hydrogen (secondary N) is 2. The molecule has 1 aromatic carbocycles. The minimum absolute atomic E-state index is 0.442. The van der Waals surface area contributed by atoms with E-state index in [1.807, 2.05) is 6.20 Å². The molecule has 0 unspecified atom stereocenters. The zero-order chi connectivity index (χ0) is 23.1. The van der Waals surface area contributed by atoms with Crippen molar-refractivity contribution < 1.29 is 0 Å². The van der Waals surface area contributed by atoms with E-state index in [9.17, 15) is 0 Å². The van der Waals surface area contributed by atoms with Crippen LogP contribution in [0, 0.1) is 20.8 Å². The van der Waals surface area contributed by atoms with E-state index >= 15 is 0 Å². The second-order valence-electron chi connectivity index (χ2n) is 10.1. The molecule has 0 amide bonds. The maximum atomic E-state index is 4.57. The molecule has 0 saturated carbocycles. The maximum absolute atomic E-state index is 4.57. The number of hydrogen-bond donors (Lipinski definition) is 2. The molecular formula is C28H35N5. The SMILES string of the molecule is Cc1cc(-c2[nH]c3ccc(C4CCN(Cc5c[nH]nc5C)CC4)cc3c2C(C)C)cc(C)n1. The third-order valence-corrected chi connectivity index (χ3v) is 7.20. The van der Waals surface area contributed by atoms with Crippen molar-refractivity contribution in [3.63, 3.8) is 0 Å². The number of pyridine rings is 1. The number of piperidine rings is 1. The third-order valence-electron chi connectivity index (χ3n) is 7.20. The van der Waals surface area contributed by atoms with Crippen molar-refractivity contribution >= 4 is 10.9 Å². The summed E-state index contributed by atoms with van der Waals surface area (Å²) in [5, 5.41) is 8.64. The summed E-state index contributed by atoms with van der Waals surface area (Å²) in [6.07, 6.45) is 4.46. The highest BCUT2D eigenvalue weighted by molar-refractivity contribution is 5.92. The molecule has 1 fully saturated rings. The van der Waals surface area contributed by atoms with Gasteiger partial charge < -0.3 is 4.98 Å². The summed E-state index contributed by atoms with van der Waals surface area (Å²) in [6, 6.07) is 11.5. The smallest absolute Gasteiger partial charge is 0.0636 e. The van der Waals surface area contributed by atoms with Crippen LogP contribution < -0.4 is 0 Å². The van der Waals surface area contributed by atoms with E-state index in [1.54, 1.807) is 0 Å². The number of aromatic amines is 2. The van der Waals surface area contributed by atoms with Gasteiger partial charge in [0.05, 0.1) is 11.4 Å². The van der Waals surface area contributed by atoms with Gasteiger partial charge in [0, 0.05) is 46.2 Å². The highest BCUT2D eigenvalue weighted by Gasteiger charge is 2.23. The zero-order valence-corrected chi connectivity index (χ0v) is 20.5. The molecule has 5 heteroatoms. The molecule has 0 bridgehead atoms. The molecule has 0 radical (unpaired) electrons. The first-order valence-electron chi connectivity index (χ1n) is 12.2. The molecule has 5 nitrogen and oxygen atoms in total. The van der Waals surface area contributed by atoms with Crippen LogP contribution >= 0.6 is 0 Å². The Balaban J connectivity index is 1.41. The average Bonchev–Trinajstić information content (AvgIpc) is 3.36. The van der Waals surface area contributed by atoms with E-state index in [4.69, 9.17) is 0 Å². The van der Waals surface area contributed by atoms with Gasteiger partial charge in [-0.1, -0.05) is 19.9 Å². The van der Waals surface area contributed by atoms with Gasteiger partial charge in [-0.15, -0.1) is 0 Å². The van der Waals surface area contributed by atoms with Crippen molar-refractivity contribution in [2.45, 2.75) is 65.8 Å². The highest BCUT2D eigenvalue weighted by atomic mass is 15.1. The number of rotatable bonds is 5. The molecule has 4 heterocycles. The van der Waals surface area contributed by atoms with Gasteiger partial charge in [0.2, 0.25) is 0 Å². The zero-order valence-electron chi connectivity index (χ0n) is 20.5. The van der Waals surface area contributed by atoms with E-state index < -0.39 is 0 Å². The molecular weight excluding hydrogens is 406 g/mol. The molecule has 1 saturated heterocycles. The number of aromatic nitrogens is 4. The lowest BCUT2D eigenvalue weighted by molar-refractivity contribution is 0.204. The van der Waals surface area contributed by atoms with E-state index in [0.717, 1.165) is 36.7 Å². The lowest BCUT2D eigenvalue weighted by Crippen LogP contribution is -2.32. The van der Waals surface area contributed by atoms with E-state index in [2.05, 4.69) is 90.0 Å². The second kappa shape index (κ2) is 8.79. The van der Waals surface area contributed by atoms with Gasteiger partial charge in [-0.3, -0.25) is 15.0 Å². The normalized spacial score (nSPS) is 15.7. The molecule has 33 heavy (non-hydrogen) atoms. The van der Waals surface area contributed by atoms with E-state index in [-0.39, 0.29) is 0 Å². The minimum atomic E-state index is 0.442. The van der Waals surface area contributed by atoms with Gasteiger partial charge in [-0.05, 0) is 93.9 Å². The van der Waals surface area contributed by atoms with Crippen LogP contribution in [0.2, 0.25) is 0 Å². The Labute approximate surface area is 196 Å². The van der Waals surface area contributed by atoms with Gasteiger partial charge in [0.15, 0.2) is 0 Å². The molecule has 0 atom stereocenters. The third kappa shape index (κ3) is 4.34. The largest absolute Gasteiger partial charge is 0.354 e. The number of likely N-dealkylation sites (tertiary alicyclic amines) is 1. The predicted molar refractivity (Wildman–Crippen MR) is 136 cm³/mol. The predicted octanol–water partition coefficient (Wildman–Crippen LogP) is 6.38. The van der Waals surface area contributed by atoms with Crippen molar-refractivity contribution in [2.24, 2.45) is 0 Å². The first-order valence-corrected chi connectivity index (χ1v) is 12.2. The Morgan fingerprint density at radius 1 is 1.03 bits per heavy atom. The summed E-state index contributed by atoms with van der Waals surface area (Å²) in [5.41, 5.74) is 11.2. The van der Waals surface area contributed by atoms with Crippen LogP contribution in [0.15, 0.2) is 36.5 Å². The lowest BCUT2D eigenvalue weighted by Gasteiger charge is -2.32. The Hall–Kier alpha value is -2.92. The van der Waals surface area contributed by atoms with Crippen LogP contribution in [0.4, 0.5) is 0 Å². The maximum Gasteiger partial charge on any atom is 0.0636 e. The fourth-order valence-electron chi connectivity index (χ4n) is 5.50. The van der Waals surface area contributed by atoms with Crippen molar-refractivity contribution in [1.82, 2.24) is 25.1 Å². The average molecular weight is 442 g/mol. The summed E-state index contributed by atoms with van der Waals surface area (Å²) >= 11 is 0. The van der Waals surface area contributed by atoms with E-state index in [0.29, 0.717) is 11.8 Å². The van der Waals surface area contributed by atoms with Crippen molar-refractivity contribution in [2.75, 3.05) is 13.1 Å². The first kappa shape index (κ1) is 21.9. The molecule has 0 aliphatic carbocycles. The van der Waals surface area contributed by atoms with Crippen LogP contribution in [0.1, 0.15) is 72.3 Å². The molecule has 1 aliphatic rings. The number of hydrogen-bond acceptors (Lipinski definition) is 3. The Bertz CT molecular complexity index is 1250. The quantitative estimate of drug-likeness (QED) is 0.378. The minimum Gasteiger partial charge on any atom is -0.354 e. The fourth-order valence-corrected chi connectivity index (χ4v) is 5.50. The number of fused-ring (bicyclic) bond motifs is 1. The monoisotopic (exact) mass is 441 g/mol. The Kier molecular flexibility index (Phi) is 5.83. The second-order valence-corrected chi connectivity index (χ2v) is 10.1. The molecule has 5 rings (SSSR count). The van der Waals surface area contributed by atoms with E-state index in [1.165, 1.54) is 51.7 Å². The van der Waals surface area contributed by atoms with Gasteiger partial charge in [0.25, 0.3) is 0 Å². The molecule has 3 aromatic heterocycles. The summed E-state index contributed by atoms with van der Waals surface area (Å²) in [6.45, 7) is 14.1. The number of benzene rings is 1. The van der Waals surface area contributed by atoms with Gasteiger partial charge >= 0.3 is 0 Å². The summed E-state index contributed by atoms with van der Waals surface area (Å²) in [5.74, 6) is 1.07. The Morgan fingerprint density at radius 2 is 1.76 bits per heavy atom. The van der Waals surface area contributed by atoms with Crippen LogP contribution in [-0.4, -0.2) is 38.2 Å². The summed E-state index contributed by atoms with van der Waals surface area (Å²) in [7, 11) is 0. The molecule has 1 aliphatic heterocycles. The first-order chi connectivity index (χ1) is 15.9. The molecule has 2 N–H and O–H groups in total. The number of nitrogens with zero attached hydrogens (tertiary/aromatic N) is 3. The van der Waals surface area contributed by atoms with Crippen LogP contribution in [-0.2, 0) is 6.54 Å². The molecule has 172 valence electrons. The van der Waals surface area contributed by atoms with Gasteiger partial charge in [-0.2, -0.15) is 5.10 Å². The van der Waals surface area contributed by atoms with Crippen molar-refractivity contribution in [1.29, 1.82) is 0 Å². The highest BCUT2D eigenvalue weighted by Crippen LogP contribution is 2.38. The van der Waals surface area contributed by atoms with Crippen LogP contribution in [0.25, 0.3) is 22.2 Å². The summed E-state index contributed by atoms with van der Waals surface area (Å²) < 4.78 is 0. The number of H-pyrrole nitrogens is 2.